The Morgan fingerprint density at radius 1 is 1.09 bits per heavy atom. The fourth-order valence-corrected chi connectivity index (χ4v) is 8.90. The van der Waals surface area contributed by atoms with E-state index in [9.17, 15) is 14.9 Å². The van der Waals surface area contributed by atoms with Gasteiger partial charge in [0, 0.05) is 25.1 Å². The molecule has 0 unspecified atom stereocenters. The van der Waals surface area contributed by atoms with Gasteiger partial charge in [0.1, 0.15) is 18.4 Å². The molecule has 3 aromatic carbocycles. The number of rotatable bonds is 8. The van der Waals surface area contributed by atoms with Crippen molar-refractivity contribution in [3.63, 3.8) is 0 Å². The van der Waals surface area contributed by atoms with Gasteiger partial charge in [-0.15, -0.1) is 11.3 Å². The Hall–Kier alpha value is -3.58. The molecule has 1 atom stereocenters. The first-order valence-electron chi connectivity index (χ1n) is 13.8. The number of ether oxygens (including phenoxy) is 2. The van der Waals surface area contributed by atoms with Gasteiger partial charge in [-0.05, 0) is 87.8 Å². The summed E-state index contributed by atoms with van der Waals surface area (Å²) in [5.74, 6) is 0.106. The Morgan fingerprint density at radius 3 is 2.60 bits per heavy atom. The fraction of sp³-hybridized carbons (Fsp3) is 0.118. The maximum Gasteiger partial charge on any atom is 0.338 e. The van der Waals surface area contributed by atoms with E-state index in [0.29, 0.717) is 31.9 Å². The molecule has 6 rings (SSSR count). The lowest BCUT2D eigenvalue weighted by Crippen LogP contribution is -2.39. The summed E-state index contributed by atoms with van der Waals surface area (Å²) >= 11 is 7.21. The number of hydrogen-bond acceptors (Lipinski definition) is 8. The van der Waals surface area contributed by atoms with Crippen LogP contribution in [0.3, 0.4) is 0 Å². The van der Waals surface area contributed by atoms with Gasteiger partial charge in [0.05, 0.1) is 37.6 Å². The third-order valence-corrected chi connectivity index (χ3v) is 10.4. The van der Waals surface area contributed by atoms with Gasteiger partial charge in [0.25, 0.3) is 5.56 Å². The third-order valence-electron chi connectivity index (χ3n) is 7.02. The summed E-state index contributed by atoms with van der Waals surface area (Å²) in [5.41, 5.74) is 3.37. The van der Waals surface area contributed by atoms with Crippen molar-refractivity contribution in [2.24, 2.45) is 4.99 Å². The zero-order valence-electron chi connectivity index (χ0n) is 23.7. The first-order valence-corrected chi connectivity index (χ1v) is 17.7. The average Bonchev–Trinajstić information content (AvgIpc) is 3.69. The largest absolute Gasteiger partial charge is 0.487 e. The molecule has 1 aliphatic heterocycles. The van der Waals surface area contributed by atoms with Crippen molar-refractivity contribution in [1.29, 1.82) is 5.26 Å². The lowest BCUT2D eigenvalue weighted by atomic mass is 9.97. The zero-order valence-corrected chi connectivity index (χ0v) is 29.6. The first kappa shape index (κ1) is 31.4. The molecule has 224 valence electrons. The lowest BCUT2D eigenvalue weighted by molar-refractivity contribution is -0.138. The summed E-state index contributed by atoms with van der Waals surface area (Å²) in [7, 11) is 0. The first-order chi connectivity index (χ1) is 21.9. The van der Waals surface area contributed by atoms with E-state index in [1.807, 2.05) is 84.3 Å². The van der Waals surface area contributed by atoms with Gasteiger partial charge in [-0.1, -0.05) is 65.9 Å². The van der Waals surface area contributed by atoms with Crippen molar-refractivity contribution in [2.75, 3.05) is 6.61 Å². The van der Waals surface area contributed by atoms with E-state index in [-0.39, 0.29) is 18.8 Å². The number of benzene rings is 3. The van der Waals surface area contributed by atoms with Gasteiger partial charge in [-0.3, -0.25) is 9.36 Å². The third kappa shape index (κ3) is 6.42. The SMILES string of the molecule is CCOC(=O)C1=C(c2ccccc2)N=c2s/c(=C\c3cc(I)cc(I)c3OCc3ccccc3C#N)c(=O)n2[C@@H]1c1cccs1. The van der Waals surface area contributed by atoms with Crippen molar-refractivity contribution in [2.45, 2.75) is 19.6 Å². The molecule has 0 radical (unpaired) electrons. The molecule has 0 saturated carbocycles. The number of nitrogens with zero attached hydrogens (tertiary/aromatic N) is 3. The van der Waals surface area contributed by atoms with Crippen molar-refractivity contribution >= 4 is 85.6 Å². The molecular weight excluding hydrogens is 832 g/mol. The van der Waals surface area contributed by atoms with Crippen LogP contribution in [0.5, 0.6) is 5.75 Å². The highest BCUT2D eigenvalue weighted by molar-refractivity contribution is 14.1. The van der Waals surface area contributed by atoms with E-state index in [2.05, 4.69) is 51.3 Å². The molecular formula is C34H23I2N3O4S2. The number of aromatic nitrogens is 1. The number of thiazole rings is 1. The van der Waals surface area contributed by atoms with E-state index in [1.54, 1.807) is 17.6 Å². The molecule has 0 N–H and O–H groups in total. The number of carbonyl (C=O) groups excluding carboxylic acids is 1. The van der Waals surface area contributed by atoms with Gasteiger partial charge >= 0.3 is 5.97 Å². The van der Waals surface area contributed by atoms with Crippen molar-refractivity contribution in [3.05, 3.63) is 144 Å². The van der Waals surface area contributed by atoms with Crippen molar-refractivity contribution in [3.8, 4) is 11.8 Å². The number of carbonyl (C=O) groups is 1. The summed E-state index contributed by atoms with van der Waals surface area (Å²) in [6, 6.07) is 26.1. The molecule has 0 saturated heterocycles. The smallest absolute Gasteiger partial charge is 0.338 e. The molecule has 11 heteroatoms. The number of hydrogen-bond donors (Lipinski definition) is 0. The summed E-state index contributed by atoms with van der Waals surface area (Å²) in [5, 5.41) is 11.5. The van der Waals surface area contributed by atoms with Crippen LogP contribution in [0.4, 0.5) is 0 Å². The van der Waals surface area contributed by atoms with E-state index < -0.39 is 12.0 Å². The molecule has 3 heterocycles. The molecule has 1 aliphatic rings. The Labute approximate surface area is 294 Å². The van der Waals surface area contributed by atoms with Crippen LogP contribution < -0.4 is 19.6 Å². The Kier molecular flexibility index (Phi) is 9.64. The van der Waals surface area contributed by atoms with Crippen LogP contribution >= 0.6 is 67.9 Å². The van der Waals surface area contributed by atoms with Crippen molar-refractivity contribution < 1.29 is 14.3 Å². The molecule has 0 amide bonds. The normalized spacial score (nSPS) is 14.4. The molecule has 45 heavy (non-hydrogen) atoms. The molecule has 0 fully saturated rings. The highest BCUT2D eigenvalue weighted by atomic mass is 127. The Morgan fingerprint density at radius 2 is 1.87 bits per heavy atom. The second-order valence-corrected chi connectivity index (χ2v) is 14.2. The molecule has 5 aromatic rings. The van der Waals surface area contributed by atoms with E-state index >= 15 is 0 Å². The predicted molar refractivity (Wildman–Crippen MR) is 193 cm³/mol. The van der Waals surface area contributed by atoms with Gasteiger partial charge in [0.15, 0.2) is 4.80 Å². The zero-order chi connectivity index (χ0) is 31.5. The van der Waals surface area contributed by atoms with E-state index in [4.69, 9.17) is 14.5 Å². The lowest BCUT2D eigenvalue weighted by Gasteiger charge is -2.24. The standard InChI is InChI=1S/C34H23I2N3O4S2/c1-2-42-33(41)28-29(20-9-4-3-5-10-20)38-34-39(30(28)26-13-8-14-44-26)32(40)27(45-34)16-23-15-24(35)17-25(36)31(23)43-19-22-12-7-6-11-21(22)18-37/h3-17,30H,2,19H2,1H3/b27-16-/t30-/m1/s1. The Bertz CT molecular complexity index is 2170. The molecule has 0 bridgehead atoms. The Balaban J connectivity index is 1.54. The quantitative estimate of drug-likeness (QED) is 0.129. The predicted octanol–water partition coefficient (Wildman–Crippen LogP) is 6.66. The maximum atomic E-state index is 14.3. The highest BCUT2D eigenvalue weighted by Gasteiger charge is 2.35. The van der Waals surface area contributed by atoms with Crippen LogP contribution in [0, 0.1) is 18.5 Å². The van der Waals surface area contributed by atoms with Gasteiger partial charge in [-0.25, -0.2) is 9.79 Å². The second kappa shape index (κ2) is 13.8. The second-order valence-electron chi connectivity index (χ2n) is 9.81. The van der Waals surface area contributed by atoms with Crippen LogP contribution in [0.1, 0.15) is 40.1 Å². The minimum atomic E-state index is -0.702. The van der Waals surface area contributed by atoms with Gasteiger partial charge in [0.2, 0.25) is 0 Å². The van der Waals surface area contributed by atoms with Crippen LogP contribution in [-0.2, 0) is 16.1 Å². The monoisotopic (exact) mass is 855 g/mol. The number of fused-ring (bicyclic) bond motifs is 1. The summed E-state index contributed by atoms with van der Waals surface area (Å²) in [4.78, 5) is 34.1. The summed E-state index contributed by atoms with van der Waals surface area (Å²) in [6.45, 7) is 2.15. The van der Waals surface area contributed by atoms with Crippen molar-refractivity contribution in [1.82, 2.24) is 4.57 Å². The highest BCUT2D eigenvalue weighted by Crippen LogP contribution is 2.37. The minimum absolute atomic E-state index is 0.193. The van der Waals surface area contributed by atoms with Gasteiger partial charge < -0.3 is 9.47 Å². The number of esters is 1. The minimum Gasteiger partial charge on any atom is -0.487 e. The number of halogens is 2. The summed E-state index contributed by atoms with van der Waals surface area (Å²) < 4.78 is 15.7. The van der Waals surface area contributed by atoms with Gasteiger partial charge in [-0.2, -0.15) is 5.26 Å². The molecule has 0 aliphatic carbocycles. The maximum absolute atomic E-state index is 14.3. The molecule has 7 nitrogen and oxygen atoms in total. The van der Waals surface area contributed by atoms with E-state index in [0.717, 1.165) is 28.7 Å². The van der Waals surface area contributed by atoms with E-state index in [1.165, 1.54) is 22.7 Å². The van der Waals surface area contributed by atoms with Crippen LogP contribution in [-0.4, -0.2) is 17.1 Å². The molecule has 2 aromatic heterocycles. The van der Waals surface area contributed by atoms with Crippen LogP contribution in [0.2, 0.25) is 0 Å². The number of nitriles is 1. The van der Waals surface area contributed by atoms with Crippen LogP contribution in [0.25, 0.3) is 11.8 Å². The topological polar surface area (TPSA) is 93.7 Å². The van der Waals surface area contributed by atoms with Crippen LogP contribution in [0.15, 0.2) is 99.6 Å². The molecule has 0 spiro atoms. The number of thiophene rings is 1. The summed E-state index contributed by atoms with van der Waals surface area (Å²) in [6.07, 6.45) is 1.82. The average molecular weight is 856 g/mol. The fourth-order valence-electron chi connectivity index (χ4n) is 5.04.